The van der Waals surface area contributed by atoms with Gasteiger partial charge in [-0.05, 0) is 51.2 Å². The van der Waals surface area contributed by atoms with E-state index in [9.17, 15) is 24.1 Å². The van der Waals surface area contributed by atoms with Gasteiger partial charge in [0.25, 0.3) is 13.7 Å². The first-order chi connectivity index (χ1) is 18.6. The zero-order valence-electron chi connectivity index (χ0n) is 21.7. The van der Waals surface area contributed by atoms with Gasteiger partial charge in [0, 0.05) is 12.3 Å². The van der Waals surface area contributed by atoms with Crippen molar-refractivity contribution in [1.82, 2.24) is 14.4 Å². The number of carbonyl (C=O) groups is 1. The molecule has 2 N–H and O–H groups in total. The normalized spacial score (nSPS) is 26.9. The van der Waals surface area contributed by atoms with E-state index >= 15 is 4.39 Å². The maximum atomic E-state index is 15.5. The number of carbonyl (C=O) groups excluding carboxylic acids is 1. The molecule has 0 radical (unpaired) electrons. The molecule has 1 aromatic heterocycles. The fourth-order valence-corrected chi connectivity index (χ4v) is 5.84. The van der Waals surface area contributed by atoms with Crippen LogP contribution < -0.4 is 16.1 Å². The minimum Gasteiger partial charge on any atom is -0.461 e. The molecule has 39 heavy (non-hydrogen) atoms. The molecule has 1 aliphatic heterocycles. The lowest BCUT2D eigenvalue weighted by molar-refractivity contribution is -0.161. The van der Waals surface area contributed by atoms with Gasteiger partial charge in [0.2, 0.25) is 0 Å². The number of hydrogen-bond donors (Lipinski definition) is 2. The van der Waals surface area contributed by atoms with Gasteiger partial charge in [0.15, 0.2) is 17.9 Å². The third-order valence-corrected chi connectivity index (χ3v) is 8.02. The smallest absolute Gasteiger partial charge is 0.330 e. The Balaban J connectivity index is 1.49. The number of esters is 1. The number of hydroxylamine groups is 1. The van der Waals surface area contributed by atoms with Gasteiger partial charge in [-0.15, -0.1) is 0 Å². The lowest BCUT2D eigenvalue weighted by Gasteiger charge is -2.29. The van der Waals surface area contributed by atoms with Crippen LogP contribution in [0.5, 0.6) is 5.75 Å². The van der Waals surface area contributed by atoms with Gasteiger partial charge in [-0.1, -0.05) is 30.0 Å². The summed E-state index contributed by atoms with van der Waals surface area (Å²) in [5, 5.41) is 10.6. The number of para-hydroxylation sites is 1. The first-order valence-electron chi connectivity index (χ1n) is 12.8. The van der Waals surface area contributed by atoms with Crippen LogP contribution in [0, 0.1) is 0 Å². The number of benzene rings is 1. The second kappa shape index (κ2) is 12.6. The van der Waals surface area contributed by atoms with E-state index in [1.807, 2.05) is 4.98 Å². The molecule has 0 spiro atoms. The number of ether oxygens (including phenoxy) is 2. The van der Waals surface area contributed by atoms with Crippen LogP contribution in [-0.4, -0.2) is 62.1 Å². The minimum absolute atomic E-state index is 0.195. The van der Waals surface area contributed by atoms with E-state index in [2.05, 4.69) is 0 Å². The predicted octanol–water partition coefficient (Wildman–Crippen LogP) is 2.49. The van der Waals surface area contributed by atoms with Crippen LogP contribution in [0.1, 0.15) is 52.2 Å². The molecule has 1 saturated carbocycles. The van der Waals surface area contributed by atoms with Crippen LogP contribution in [0.15, 0.2) is 52.2 Å². The van der Waals surface area contributed by atoms with Crippen molar-refractivity contribution >= 4 is 14.1 Å². The number of nitrogens with zero attached hydrogens (tertiary/aromatic N) is 2. The molecule has 6 atom stereocenters. The minimum atomic E-state index is -3.33. The highest BCUT2D eigenvalue weighted by Gasteiger charge is 2.55. The van der Waals surface area contributed by atoms with Crippen molar-refractivity contribution in [2.24, 2.45) is 0 Å². The number of hydrogen-bond acceptors (Lipinski definition) is 9. The Kier molecular flexibility index (Phi) is 9.39. The van der Waals surface area contributed by atoms with Crippen molar-refractivity contribution in [2.75, 3.05) is 6.61 Å². The van der Waals surface area contributed by atoms with Crippen molar-refractivity contribution in [3.8, 4) is 5.75 Å². The molecular weight excluding hydrogens is 536 g/mol. The van der Waals surface area contributed by atoms with Gasteiger partial charge in [-0.25, -0.2) is 9.18 Å². The van der Waals surface area contributed by atoms with Crippen LogP contribution in [0.2, 0.25) is 0 Å². The van der Waals surface area contributed by atoms with E-state index in [1.165, 1.54) is 0 Å². The number of alkyl halides is 1. The summed E-state index contributed by atoms with van der Waals surface area (Å²) in [6.45, 7) is 2.21. The zero-order chi connectivity index (χ0) is 28.2. The molecule has 2 fully saturated rings. The molecule has 2 heterocycles. The van der Waals surface area contributed by atoms with Crippen LogP contribution in [0.4, 0.5) is 4.39 Å². The van der Waals surface area contributed by atoms with Crippen LogP contribution in [0.3, 0.4) is 0 Å². The Bertz CT molecular complexity index is 1270. The average molecular weight is 570 g/mol. The number of aromatic amines is 1. The molecule has 214 valence electrons. The van der Waals surface area contributed by atoms with E-state index in [1.54, 1.807) is 37.3 Å². The van der Waals surface area contributed by atoms with Crippen molar-refractivity contribution in [1.29, 1.82) is 0 Å². The highest BCUT2D eigenvalue weighted by molar-refractivity contribution is 7.36. The maximum absolute atomic E-state index is 15.5. The third kappa shape index (κ3) is 6.67. The first kappa shape index (κ1) is 29.2. The Morgan fingerprint density at radius 3 is 2.62 bits per heavy atom. The topological polar surface area (TPSA) is 149 Å². The van der Waals surface area contributed by atoms with Gasteiger partial charge in [0.1, 0.15) is 24.1 Å². The fraction of sp³-hybridized carbons (Fsp3) is 0.560. The Hall–Kier alpha value is -2.83. The molecule has 2 unspecified atom stereocenters. The van der Waals surface area contributed by atoms with E-state index < -0.39 is 62.2 Å². The van der Waals surface area contributed by atoms with Crippen LogP contribution in [-0.2, 0) is 23.4 Å². The summed E-state index contributed by atoms with van der Waals surface area (Å²) in [5.74, 6) is -0.300. The lowest BCUT2D eigenvalue weighted by Crippen LogP contribution is -2.44. The van der Waals surface area contributed by atoms with E-state index in [4.69, 9.17) is 18.8 Å². The predicted molar refractivity (Wildman–Crippen MR) is 137 cm³/mol. The summed E-state index contributed by atoms with van der Waals surface area (Å²) in [6, 6.07) is 8.35. The molecule has 2 aliphatic rings. The number of rotatable bonds is 11. The number of halogens is 1. The van der Waals surface area contributed by atoms with Crippen LogP contribution >= 0.6 is 8.18 Å². The fourth-order valence-electron chi connectivity index (χ4n) is 4.68. The molecule has 1 aromatic carbocycles. The molecule has 0 amide bonds. The quantitative estimate of drug-likeness (QED) is 0.235. The van der Waals surface area contributed by atoms with Gasteiger partial charge < -0.3 is 23.9 Å². The summed E-state index contributed by atoms with van der Waals surface area (Å²) in [5.41, 5.74) is -4.06. The second-order valence-corrected chi connectivity index (χ2v) is 11.0. The molecule has 1 aliphatic carbocycles. The third-order valence-electron chi connectivity index (χ3n) is 6.85. The number of aliphatic hydroxyl groups is 1. The SMILES string of the molecule is CCC(C(=O)OC1CCCC1)N(Oc1ccccc1)[PH](=O)OC[C@H]1O[C@@H](n2ccc(=O)[nH]c2=O)[C@](C)(F)[C@@H]1O. The van der Waals surface area contributed by atoms with Crippen molar-refractivity contribution in [3.63, 3.8) is 0 Å². The number of nitrogens with one attached hydrogen (secondary N) is 1. The van der Waals surface area contributed by atoms with Crippen LogP contribution in [0.25, 0.3) is 0 Å². The number of H-pyrrole nitrogens is 1. The summed E-state index contributed by atoms with van der Waals surface area (Å²) < 4.78 is 46.4. The summed E-state index contributed by atoms with van der Waals surface area (Å²) >= 11 is 0. The van der Waals surface area contributed by atoms with Gasteiger partial charge in [-0.2, -0.15) is 0 Å². The first-order valence-corrected chi connectivity index (χ1v) is 14.1. The largest absolute Gasteiger partial charge is 0.461 e. The Labute approximate surface area is 224 Å². The number of aromatic nitrogens is 2. The Morgan fingerprint density at radius 1 is 1.28 bits per heavy atom. The lowest BCUT2D eigenvalue weighted by atomic mass is 9.98. The maximum Gasteiger partial charge on any atom is 0.330 e. The van der Waals surface area contributed by atoms with E-state index in [-0.39, 0.29) is 12.5 Å². The summed E-state index contributed by atoms with van der Waals surface area (Å²) in [7, 11) is -3.33. The Morgan fingerprint density at radius 2 is 1.97 bits per heavy atom. The monoisotopic (exact) mass is 569 g/mol. The van der Waals surface area contributed by atoms with E-state index in [0.717, 1.165) is 54.3 Å². The van der Waals surface area contributed by atoms with Gasteiger partial charge in [-0.3, -0.25) is 23.7 Å². The molecule has 14 heteroatoms. The highest BCUT2D eigenvalue weighted by Crippen LogP contribution is 2.42. The molecule has 1 saturated heterocycles. The molecule has 4 rings (SSSR count). The van der Waals surface area contributed by atoms with E-state index in [0.29, 0.717) is 5.75 Å². The number of aliphatic hydroxyl groups excluding tert-OH is 1. The molecular formula is C25H33FN3O9P. The molecule has 0 bridgehead atoms. The summed E-state index contributed by atoms with van der Waals surface area (Å²) in [6.07, 6.45) is -0.224. The second-order valence-electron chi connectivity index (χ2n) is 9.71. The molecule has 12 nitrogen and oxygen atoms in total. The van der Waals surface area contributed by atoms with Crippen molar-refractivity contribution < 1.29 is 37.7 Å². The van der Waals surface area contributed by atoms with Gasteiger partial charge >= 0.3 is 11.7 Å². The average Bonchev–Trinajstić information content (AvgIpc) is 3.49. The van der Waals surface area contributed by atoms with Crippen molar-refractivity contribution in [3.05, 3.63) is 63.4 Å². The summed E-state index contributed by atoms with van der Waals surface area (Å²) in [4.78, 5) is 45.4. The highest BCUT2D eigenvalue weighted by atomic mass is 31.1. The standard InChI is InChI=1S/C25H33FN3O9P/c1-3-18(22(32)36-16-9-7-8-10-16)29(38-17-11-5-4-6-12-17)39(34)35-15-19-21(31)25(2,26)23(37-19)28-14-13-20(30)27-24(28)33/h4-6,11-14,16,18-19,21,23,31,39H,3,7-10,15H2,1-2H3,(H,27,30,33)/t18?,19-,21-,23-,25-/m1/s1. The zero-order valence-corrected chi connectivity index (χ0v) is 22.7. The van der Waals surface area contributed by atoms with Gasteiger partial charge in [0.05, 0.1) is 6.61 Å². The van der Waals surface area contributed by atoms with Crippen molar-refractivity contribution in [2.45, 2.75) is 82.2 Å². The molecule has 2 aromatic rings.